The summed E-state index contributed by atoms with van der Waals surface area (Å²) in [4.78, 5) is 11.9. The van der Waals surface area contributed by atoms with Crippen molar-refractivity contribution in [1.82, 2.24) is 5.32 Å². The van der Waals surface area contributed by atoms with Crippen molar-refractivity contribution in [2.75, 3.05) is 13.2 Å². The molecule has 4 nitrogen and oxygen atoms in total. The third kappa shape index (κ3) is 4.37. The first-order chi connectivity index (χ1) is 10.7. The lowest BCUT2D eigenvalue weighted by molar-refractivity contribution is -0.137. The molecule has 1 saturated carbocycles. The van der Waals surface area contributed by atoms with Crippen LogP contribution in [0.3, 0.4) is 0 Å². The molecule has 1 aliphatic rings. The fourth-order valence-electron chi connectivity index (χ4n) is 2.82. The quantitative estimate of drug-likeness (QED) is 0.872. The van der Waals surface area contributed by atoms with Gasteiger partial charge in [0.1, 0.15) is 5.75 Å². The van der Waals surface area contributed by atoms with Crippen LogP contribution in [0.25, 0.3) is 0 Å². The molecule has 0 aromatic heterocycles. The maximum atomic E-state index is 12.6. The molecule has 0 radical (unpaired) electrons. The highest BCUT2D eigenvalue weighted by atomic mass is 19.4. The number of benzene rings is 1. The van der Waals surface area contributed by atoms with Gasteiger partial charge in [-0.3, -0.25) is 4.79 Å². The maximum Gasteiger partial charge on any atom is 0.416 e. The molecule has 23 heavy (non-hydrogen) atoms. The van der Waals surface area contributed by atoms with E-state index in [9.17, 15) is 23.1 Å². The van der Waals surface area contributed by atoms with Crippen LogP contribution >= 0.6 is 0 Å². The van der Waals surface area contributed by atoms with Crippen LogP contribution in [0.5, 0.6) is 5.75 Å². The average Bonchev–Trinajstić information content (AvgIpc) is 2.86. The molecule has 1 aromatic rings. The Kier molecular flexibility index (Phi) is 5.19. The molecule has 0 aliphatic heterocycles. The van der Waals surface area contributed by atoms with Gasteiger partial charge in [-0.15, -0.1) is 0 Å². The zero-order chi connectivity index (χ0) is 17.1. The van der Waals surface area contributed by atoms with E-state index in [0.717, 1.165) is 31.4 Å². The fraction of sp³-hybridized carbons (Fsp3) is 0.562. The number of amides is 1. The van der Waals surface area contributed by atoms with Crippen molar-refractivity contribution >= 4 is 5.91 Å². The summed E-state index contributed by atoms with van der Waals surface area (Å²) in [5.41, 5.74) is -1.18. The second-order valence-electron chi connectivity index (χ2n) is 6.14. The Morgan fingerprint density at radius 2 is 2.22 bits per heavy atom. The van der Waals surface area contributed by atoms with Gasteiger partial charge < -0.3 is 15.2 Å². The third-order valence-electron chi connectivity index (χ3n) is 4.31. The number of ether oxygens (including phenoxy) is 1. The second-order valence-corrected chi connectivity index (χ2v) is 6.14. The molecule has 128 valence electrons. The van der Waals surface area contributed by atoms with E-state index >= 15 is 0 Å². The Labute approximate surface area is 132 Å². The molecule has 2 rings (SSSR count). The molecule has 2 N–H and O–H groups in total. The SMILES string of the molecule is CC1(CO)CCCC1NC(=O)COc1cccc(C(F)(F)F)c1. The van der Waals surface area contributed by atoms with Crippen molar-refractivity contribution in [3.63, 3.8) is 0 Å². The zero-order valence-electron chi connectivity index (χ0n) is 12.8. The molecular weight excluding hydrogens is 311 g/mol. The molecule has 0 heterocycles. The van der Waals surface area contributed by atoms with E-state index in [2.05, 4.69) is 5.32 Å². The van der Waals surface area contributed by atoms with Gasteiger partial charge in [-0.25, -0.2) is 0 Å². The summed E-state index contributed by atoms with van der Waals surface area (Å²) >= 11 is 0. The molecule has 1 aliphatic carbocycles. The number of halogens is 3. The largest absolute Gasteiger partial charge is 0.484 e. The van der Waals surface area contributed by atoms with Gasteiger partial charge >= 0.3 is 6.18 Å². The molecule has 0 spiro atoms. The van der Waals surface area contributed by atoms with E-state index in [1.165, 1.54) is 12.1 Å². The van der Waals surface area contributed by atoms with Crippen LogP contribution in [0.15, 0.2) is 24.3 Å². The summed E-state index contributed by atoms with van der Waals surface area (Å²) in [5.74, 6) is -0.416. The molecule has 2 atom stereocenters. The van der Waals surface area contributed by atoms with Crippen molar-refractivity contribution in [3.05, 3.63) is 29.8 Å². The van der Waals surface area contributed by atoms with Gasteiger partial charge in [-0.1, -0.05) is 19.4 Å². The fourth-order valence-corrected chi connectivity index (χ4v) is 2.82. The van der Waals surface area contributed by atoms with Crippen LogP contribution in [-0.4, -0.2) is 30.3 Å². The zero-order valence-corrected chi connectivity index (χ0v) is 12.8. The number of alkyl halides is 3. The van der Waals surface area contributed by atoms with Crippen molar-refractivity contribution in [3.8, 4) is 5.75 Å². The van der Waals surface area contributed by atoms with Gasteiger partial charge in [0.2, 0.25) is 0 Å². The first-order valence-electron chi connectivity index (χ1n) is 7.45. The van der Waals surface area contributed by atoms with Crippen LogP contribution in [0.4, 0.5) is 13.2 Å². The Morgan fingerprint density at radius 1 is 1.48 bits per heavy atom. The van der Waals surface area contributed by atoms with Gasteiger partial charge in [0.05, 0.1) is 12.2 Å². The minimum absolute atomic E-state index is 0.00804. The van der Waals surface area contributed by atoms with Crippen LogP contribution in [0.1, 0.15) is 31.7 Å². The summed E-state index contributed by atoms with van der Waals surface area (Å²) in [6.45, 7) is 1.52. The summed E-state index contributed by atoms with van der Waals surface area (Å²) < 4.78 is 43.0. The number of carbonyl (C=O) groups is 1. The maximum absolute atomic E-state index is 12.6. The van der Waals surface area contributed by atoms with Crippen LogP contribution in [-0.2, 0) is 11.0 Å². The van der Waals surface area contributed by atoms with Crippen molar-refractivity contribution < 1.29 is 27.8 Å². The number of aliphatic hydroxyl groups excluding tert-OH is 1. The van der Waals surface area contributed by atoms with Gasteiger partial charge in [0, 0.05) is 11.5 Å². The normalized spacial score (nSPS) is 24.5. The predicted octanol–water partition coefficient (Wildman–Crippen LogP) is 2.75. The number of carbonyl (C=O) groups excluding carboxylic acids is 1. The average molecular weight is 331 g/mol. The standard InChI is InChI=1S/C16H20F3NO3/c1-15(10-21)7-3-6-13(15)20-14(22)9-23-12-5-2-4-11(8-12)16(17,18)19/h2,4-5,8,13,21H,3,6-7,9-10H2,1H3,(H,20,22). The van der Waals surface area contributed by atoms with Crippen LogP contribution < -0.4 is 10.1 Å². The predicted molar refractivity (Wildman–Crippen MR) is 77.9 cm³/mol. The molecular formula is C16H20F3NO3. The van der Waals surface area contributed by atoms with Crippen LogP contribution in [0.2, 0.25) is 0 Å². The molecule has 7 heteroatoms. The summed E-state index contributed by atoms with van der Waals surface area (Å²) in [5, 5.41) is 12.2. The van der Waals surface area contributed by atoms with Gasteiger partial charge in [-0.05, 0) is 31.0 Å². The van der Waals surface area contributed by atoms with Crippen molar-refractivity contribution in [2.45, 2.75) is 38.4 Å². The number of nitrogens with one attached hydrogen (secondary N) is 1. The Hall–Kier alpha value is -1.76. The van der Waals surface area contributed by atoms with Crippen LogP contribution in [0, 0.1) is 5.41 Å². The highest BCUT2D eigenvalue weighted by Gasteiger charge is 2.39. The Balaban J connectivity index is 1.90. The lowest BCUT2D eigenvalue weighted by Crippen LogP contribution is -2.46. The second kappa shape index (κ2) is 6.78. The first-order valence-corrected chi connectivity index (χ1v) is 7.45. The number of aliphatic hydroxyl groups is 1. The molecule has 0 saturated heterocycles. The molecule has 0 bridgehead atoms. The molecule has 1 fully saturated rings. The van der Waals surface area contributed by atoms with Crippen molar-refractivity contribution in [1.29, 1.82) is 0 Å². The minimum Gasteiger partial charge on any atom is -0.484 e. The van der Waals surface area contributed by atoms with Gasteiger partial charge in [0.15, 0.2) is 6.61 Å². The lowest BCUT2D eigenvalue weighted by Gasteiger charge is -2.30. The molecule has 1 aromatic carbocycles. The number of rotatable bonds is 5. The van der Waals surface area contributed by atoms with E-state index in [1.807, 2.05) is 6.92 Å². The highest BCUT2D eigenvalue weighted by Crippen LogP contribution is 2.37. The molecule has 1 amide bonds. The molecule has 2 unspecified atom stereocenters. The summed E-state index contributed by atoms with van der Waals surface area (Å²) in [6.07, 6.45) is -1.94. The van der Waals surface area contributed by atoms with E-state index in [0.29, 0.717) is 0 Å². The van der Waals surface area contributed by atoms with Crippen molar-refractivity contribution in [2.24, 2.45) is 5.41 Å². The minimum atomic E-state index is -4.45. The Bertz CT molecular complexity index is 562. The number of hydrogen-bond acceptors (Lipinski definition) is 3. The topological polar surface area (TPSA) is 58.6 Å². The third-order valence-corrected chi connectivity index (χ3v) is 4.31. The smallest absolute Gasteiger partial charge is 0.416 e. The van der Waals surface area contributed by atoms with Gasteiger partial charge in [-0.2, -0.15) is 13.2 Å². The lowest BCUT2D eigenvalue weighted by atomic mass is 9.86. The van der Waals surface area contributed by atoms with E-state index in [-0.39, 0.29) is 30.4 Å². The first kappa shape index (κ1) is 17.6. The summed E-state index contributed by atoms with van der Waals surface area (Å²) in [7, 11) is 0. The highest BCUT2D eigenvalue weighted by molar-refractivity contribution is 5.78. The van der Waals surface area contributed by atoms with Gasteiger partial charge in [0.25, 0.3) is 5.91 Å². The van der Waals surface area contributed by atoms with E-state index in [4.69, 9.17) is 4.74 Å². The summed E-state index contributed by atoms with van der Waals surface area (Å²) in [6, 6.07) is 4.26. The van der Waals surface area contributed by atoms with E-state index in [1.54, 1.807) is 0 Å². The van der Waals surface area contributed by atoms with E-state index < -0.39 is 17.6 Å². The monoisotopic (exact) mass is 331 g/mol. The number of hydrogen-bond donors (Lipinski definition) is 2. The Morgan fingerprint density at radius 3 is 2.87 bits per heavy atom.